The number of benzene rings is 1. The summed E-state index contributed by atoms with van der Waals surface area (Å²) in [4.78, 5) is 38.0. The third-order valence-electron chi connectivity index (χ3n) is 5.13. The lowest BCUT2D eigenvalue weighted by Crippen LogP contribution is -2.47. The van der Waals surface area contributed by atoms with Crippen molar-refractivity contribution in [2.75, 3.05) is 11.4 Å². The van der Waals surface area contributed by atoms with E-state index in [1.165, 1.54) is 4.90 Å². The summed E-state index contributed by atoms with van der Waals surface area (Å²) in [5.41, 5.74) is 10.4. The van der Waals surface area contributed by atoms with Crippen LogP contribution in [0.3, 0.4) is 0 Å². The van der Waals surface area contributed by atoms with Crippen molar-refractivity contribution in [3.8, 4) is 0 Å². The van der Waals surface area contributed by atoms with Gasteiger partial charge in [0.15, 0.2) is 0 Å². The van der Waals surface area contributed by atoms with Crippen molar-refractivity contribution in [1.82, 2.24) is 16.2 Å². The van der Waals surface area contributed by atoms with Crippen LogP contribution in [0.5, 0.6) is 0 Å². The van der Waals surface area contributed by atoms with Crippen molar-refractivity contribution >= 4 is 29.7 Å². The second-order valence-electron chi connectivity index (χ2n) is 8.21. The number of rotatable bonds is 11. The minimum atomic E-state index is -0.657. The molecule has 0 spiro atoms. The molecule has 170 valence electrons. The predicted octanol–water partition coefficient (Wildman–Crippen LogP) is -0.0908. The summed E-state index contributed by atoms with van der Waals surface area (Å²) in [5, 5.41) is 9.28. The molecule has 7 N–H and O–H groups in total. The number of fused-ring (bicyclic) bond motifs is 1. The normalized spacial score (nSPS) is 16.6. The summed E-state index contributed by atoms with van der Waals surface area (Å²) in [6, 6.07) is 5.15. The lowest BCUT2D eigenvalue weighted by molar-refractivity contribution is -0.123. The summed E-state index contributed by atoms with van der Waals surface area (Å²) in [7, 11) is 0. The van der Waals surface area contributed by atoms with Gasteiger partial charge in [-0.05, 0) is 36.8 Å². The summed E-state index contributed by atoms with van der Waals surface area (Å²) < 4.78 is 0. The van der Waals surface area contributed by atoms with Gasteiger partial charge in [-0.3, -0.25) is 14.4 Å². The van der Waals surface area contributed by atoms with Gasteiger partial charge in [0.1, 0.15) is 11.9 Å². The quantitative estimate of drug-likeness (QED) is 0.108. The van der Waals surface area contributed by atoms with Crippen molar-refractivity contribution in [2.24, 2.45) is 22.6 Å². The first-order chi connectivity index (χ1) is 14.8. The molecule has 2 unspecified atom stereocenters. The Morgan fingerprint density at radius 3 is 2.71 bits per heavy atom. The van der Waals surface area contributed by atoms with Crippen molar-refractivity contribution in [1.29, 1.82) is 0 Å². The summed E-state index contributed by atoms with van der Waals surface area (Å²) in [6.45, 7) is 6.00. The fraction of sp³-hybridized carbons (Fsp3) is 0.524. The molecule has 0 bridgehead atoms. The number of carbonyl (C=O) groups excluding carboxylic acids is 3. The van der Waals surface area contributed by atoms with Gasteiger partial charge >= 0.3 is 0 Å². The molecule has 2 rings (SSSR count). The monoisotopic (exact) mass is 431 g/mol. The number of amidine groups is 1. The number of anilines is 1. The molecule has 0 fully saturated rings. The van der Waals surface area contributed by atoms with Gasteiger partial charge in [0.05, 0.1) is 12.2 Å². The van der Waals surface area contributed by atoms with Crippen LogP contribution in [0.1, 0.15) is 44.7 Å². The molecule has 0 aromatic heterocycles. The molecule has 1 heterocycles. The summed E-state index contributed by atoms with van der Waals surface area (Å²) >= 11 is 0. The first-order valence-electron chi connectivity index (χ1n) is 10.5. The Kier molecular flexibility index (Phi) is 8.80. The zero-order valence-electron chi connectivity index (χ0n) is 18.4. The molecule has 2 atom stereocenters. The molecule has 0 radical (unpaired) electrons. The molecular weight excluding hydrogens is 398 g/mol. The highest BCUT2D eigenvalue weighted by atomic mass is 16.2. The molecule has 0 aliphatic carbocycles. The topological polar surface area (TPSA) is 155 Å². The van der Waals surface area contributed by atoms with E-state index >= 15 is 0 Å². The zero-order valence-corrected chi connectivity index (χ0v) is 18.4. The standard InChI is InChI=1S/C21H33N7O3/c1-13(2)9-19(30)25-14(3)7-8-15-5-4-6-16-10-17(28(12-29)20(15)16)21(31)24-11-18(22)26-27-23/h4-6,12-14,17,27H,7-11,23H2,1-3H3,(H2,22,26)(H,24,31)(H,25,30). The lowest BCUT2D eigenvalue weighted by atomic mass is 10.0. The van der Waals surface area contributed by atoms with Crippen LogP contribution in [0, 0.1) is 5.92 Å². The number of nitrogens with zero attached hydrogens (tertiary/aromatic N) is 2. The van der Waals surface area contributed by atoms with E-state index in [9.17, 15) is 14.4 Å². The summed E-state index contributed by atoms with van der Waals surface area (Å²) in [6.07, 6.45) is 3.00. The van der Waals surface area contributed by atoms with Crippen molar-refractivity contribution < 1.29 is 14.4 Å². The van der Waals surface area contributed by atoms with Gasteiger partial charge in [0, 0.05) is 18.9 Å². The molecule has 0 saturated heterocycles. The van der Waals surface area contributed by atoms with E-state index in [1.54, 1.807) is 0 Å². The van der Waals surface area contributed by atoms with Crippen LogP contribution in [0.4, 0.5) is 5.69 Å². The molecule has 10 heteroatoms. The van der Waals surface area contributed by atoms with E-state index in [0.29, 0.717) is 31.6 Å². The SMILES string of the molecule is CC(C)CC(=O)NC(C)CCc1cccc2c1N(C=O)C(C(=O)NC/C(N)=N/NN)C2. The average Bonchev–Trinajstić information content (AvgIpc) is 3.09. The predicted molar refractivity (Wildman–Crippen MR) is 120 cm³/mol. The maximum absolute atomic E-state index is 12.7. The maximum atomic E-state index is 12.7. The summed E-state index contributed by atoms with van der Waals surface area (Å²) in [5.74, 6) is 5.22. The van der Waals surface area contributed by atoms with Gasteiger partial charge in [-0.25, -0.2) is 11.4 Å². The molecule has 1 aliphatic rings. The molecule has 0 saturated carbocycles. The highest BCUT2D eigenvalue weighted by Crippen LogP contribution is 2.35. The Balaban J connectivity index is 2.05. The Bertz CT molecular complexity index is 825. The number of hydrazone groups is 1. The first-order valence-corrected chi connectivity index (χ1v) is 10.5. The van der Waals surface area contributed by atoms with Gasteiger partial charge in [0.25, 0.3) is 0 Å². The molecule has 31 heavy (non-hydrogen) atoms. The maximum Gasteiger partial charge on any atom is 0.243 e. The first kappa shape index (κ1) is 24.1. The number of hydrogen-bond acceptors (Lipinski definition) is 6. The van der Waals surface area contributed by atoms with Crippen molar-refractivity contribution in [3.63, 3.8) is 0 Å². The highest BCUT2D eigenvalue weighted by molar-refractivity contribution is 5.98. The second kappa shape index (κ2) is 11.3. The number of carbonyl (C=O) groups is 3. The minimum Gasteiger partial charge on any atom is -0.384 e. The zero-order chi connectivity index (χ0) is 23.0. The molecule has 3 amide bonds. The molecule has 1 aromatic rings. The molecule has 1 aliphatic heterocycles. The van der Waals surface area contributed by atoms with Crippen LogP contribution in [0.25, 0.3) is 0 Å². The number of amides is 3. The third-order valence-corrected chi connectivity index (χ3v) is 5.13. The molecule has 10 nitrogen and oxygen atoms in total. The fourth-order valence-electron chi connectivity index (χ4n) is 3.72. The van der Waals surface area contributed by atoms with Gasteiger partial charge in [-0.2, -0.15) is 5.10 Å². The Morgan fingerprint density at radius 2 is 2.06 bits per heavy atom. The number of para-hydroxylation sites is 1. The van der Waals surface area contributed by atoms with Crippen LogP contribution in [-0.2, 0) is 27.2 Å². The van der Waals surface area contributed by atoms with Gasteiger partial charge < -0.3 is 21.3 Å². The number of hydrazine groups is 1. The van der Waals surface area contributed by atoms with Gasteiger partial charge in [-0.15, -0.1) is 0 Å². The van der Waals surface area contributed by atoms with Gasteiger partial charge in [-0.1, -0.05) is 32.0 Å². The Morgan fingerprint density at radius 1 is 1.32 bits per heavy atom. The van der Waals surface area contributed by atoms with Crippen molar-refractivity contribution in [3.05, 3.63) is 29.3 Å². The van der Waals surface area contributed by atoms with Gasteiger partial charge in [0.2, 0.25) is 18.2 Å². The van der Waals surface area contributed by atoms with E-state index in [0.717, 1.165) is 23.2 Å². The third kappa shape index (κ3) is 6.68. The largest absolute Gasteiger partial charge is 0.384 e. The van der Waals surface area contributed by atoms with Crippen LogP contribution in [-0.4, -0.2) is 42.7 Å². The average molecular weight is 432 g/mol. The lowest BCUT2D eigenvalue weighted by Gasteiger charge is -2.22. The van der Waals surface area contributed by atoms with Crippen LogP contribution < -0.4 is 32.6 Å². The molecule has 1 aromatic carbocycles. The fourth-order valence-corrected chi connectivity index (χ4v) is 3.72. The van der Waals surface area contributed by atoms with E-state index in [1.807, 2.05) is 39.0 Å². The highest BCUT2D eigenvalue weighted by Gasteiger charge is 2.35. The Hall–Kier alpha value is -3.14. The second-order valence-corrected chi connectivity index (χ2v) is 8.21. The van der Waals surface area contributed by atoms with Crippen LogP contribution >= 0.6 is 0 Å². The van der Waals surface area contributed by atoms with E-state index in [-0.39, 0.29) is 30.2 Å². The number of nitrogens with one attached hydrogen (secondary N) is 3. The number of hydrogen-bond donors (Lipinski definition) is 5. The van der Waals surface area contributed by atoms with Crippen LogP contribution in [0.2, 0.25) is 0 Å². The minimum absolute atomic E-state index is 0.00528. The molecular formula is C21H33N7O3. The number of nitrogens with two attached hydrogens (primary N) is 2. The number of aryl methyl sites for hydroxylation is 1. The van der Waals surface area contributed by atoms with E-state index in [2.05, 4.69) is 21.3 Å². The smallest absolute Gasteiger partial charge is 0.243 e. The van der Waals surface area contributed by atoms with E-state index in [4.69, 9.17) is 11.6 Å². The van der Waals surface area contributed by atoms with Crippen molar-refractivity contribution in [2.45, 2.75) is 58.5 Å². The van der Waals surface area contributed by atoms with E-state index < -0.39 is 6.04 Å². The van der Waals surface area contributed by atoms with Crippen LogP contribution in [0.15, 0.2) is 23.3 Å². The Labute approximate surface area is 182 Å².